The van der Waals surface area contributed by atoms with Crippen LogP contribution in [0.3, 0.4) is 0 Å². The van der Waals surface area contributed by atoms with E-state index in [-0.39, 0.29) is 12.0 Å². The fraction of sp³-hybridized carbons (Fsp3) is 0.263. The number of carbonyl (C=O) groups excluding carboxylic acids is 1. The number of carbonyl (C=O) groups is 1. The lowest BCUT2D eigenvalue weighted by Crippen LogP contribution is -2.37. The number of hydrogen-bond acceptors (Lipinski definition) is 4. The Morgan fingerprint density at radius 3 is 3.08 bits per heavy atom. The van der Waals surface area contributed by atoms with Crippen LogP contribution in [0.25, 0.3) is 10.6 Å². The summed E-state index contributed by atoms with van der Waals surface area (Å²) < 4.78 is 5.95. The summed E-state index contributed by atoms with van der Waals surface area (Å²) in [4.78, 5) is 14.6. The maximum atomic E-state index is 12.3. The van der Waals surface area contributed by atoms with Crippen molar-refractivity contribution in [1.29, 1.82) is 0 Å². The molecule has 25 heavy (non-hydrogen) atoms. The molecule has 1 aliphatic heterocycles. The molecule has 0 aliphatic carbocycles. The minimum atomic E-state index is -0.182. The average molecular weight is 353 g/mol. The third-order valence-corrected chi connectivity index (χ3v) is 5.34. The number of ether oxygens (including phenoxy) is 1. The van der Waals surface area contributed by atoms with Crippen LogP contribution in [0.15, 0.2) is 42.5 Å². The molecule has 3 aromatic rings. The average Bonchev–Trinajstić information content (AvgIpc) is 3.28. The van der Waals surface area contributed by atoms with Crippen molar-refractivity contribution >= 4 is 17.2 Å². The Kier molecular flexibility index (Phi) is 4.28. The van der Waals surface area contributed by atoms with Gasteiger partial charge in [0, 0.05) is 4.88 Å². The molecule has 4 rings (SSSR count). The molecule has 3 heterocycles. The number of H-pyrrole nitrogens is 1. The number of fused-ring (bicyclic) bond motifs is 1. The van der Waals surface area contributed by atoms with Crippen LogP contribution < -0.4 is 10.1 Å². The van der Waals surface area contributed by atoms with Gasteiger partial charge >= 0.3 is 0 Å². The number of nitrogens with zero attached hydrogens (tertiary/aromatic N) is 1. The van der Waals surface area contributed by atoms with Crippen molar-refractivity contribution < 1.29 is 9.53 Å². The van der Waals surface area contributed by atoms with Crippen LogP contribution in [0.5, 0.6) is 5.75 Å². The smallest absolute Gasteiger partial charge is 0.271 e. The predicted molar refractivity (Wildman–Crippen MR) is 98.1 cm³/mol. The molecule has 1 atom stereocenters. The van der Waals surface area contributed by atoms with Crippen molar-refractivity contribution in [2.75, 3.05) is 6.54 Å². The zero-order valence-corrected chi connectivity index (χ0v) is 14.7. The number of hydrogen-bond donors (Lipinski definition) is 2. The number of para-hydroxylation sites is 1. The lowest BCUT2D eigenvalue weighted by molar-refractivity contribution is 0.0913. The minimum absolute atomic E-state index is 0.00259. The molecule has 2 N–H and O–H groups in total. The molecule has 0 saturated carbocycles. The summed E-state index contributed by atoms with van der Waals surface area (Å²) in [6.07, 6.45) is 1.87. The Labute approximate surface area is 150 Å². The van der Waals surface area contributed by atoms with Gasteiger partial charge in [0.15, 0.2) is 5.69 Å². The third-order valence-electron chi connectivity index (χ3n) is 4.31. The van der Waals surface area contributed by atoms with Crippen LogP contribution in [0.2, 0.25) is 0 Å². The summed E-state index contributed by atoms with van der Waals surface area (Å²) in [5.74, 6) is 0.737. The zero-order chi connectivity index (χ0) is 17.2. The van der Waals surface area contributed by atoms with Gasteiger partial charge in [0.25, 0.3) is 5.91 Å². The Hall–Kier alpha value is -2.60. The Morgan fingerprint density at radius 1 is 1.36 bits per heavy atom. The van der Waals surface area contributed by atoms with Crippen molar-refractivity contribution in [1.82, 2.24) is 15.5 Å². The molecule has 128 valence electrons. The number of nitrogens with one attached hydrogen (secondary N) is 2. The molecule has 2 aromatic heterocycles. The molecule has 1 aromatic carbocycles. The molecule has 5 nitrogen and oxygen atoms in total. The van der Waals surface area contributed by atoms with E-state index in [2.05, 4.69) is 34.6 Å². The third kappa shape index (κ3) is 3.44. The van der Waals surface area contributed by atoms with Crippen LogP contribution in [0.1, 0.15) is 27.3 Å². The van der Waals surface area contributed by atoms with Gasteiger partial charge in [-0.3, -0.25) is 9.89 Å². The van der Waals surface area contributed by atoms with Crippen molar-refractivity contribution in [2.24, 2.45) is 0 Å². The maximum Gasteiger partial charge on any atom is 0.271 e. The quantitative estimate of drug-likeness (QED) is 0.753. The van der Waals surface area contributed by atoms with Crippen molar-refractivity contribution in [3.63, 3.8) is 0 Å². The van der Waals surface area contributed by atoms with E-state index in [9.17, 15) is 4.79 Å². The molecule has 0 unspecified atom stereocenters. The highest BCUT2D eigenvalue weighted by molar-refractivity contribution is 7.15. The van der Waals surface area contributed by atoms with E-state index in [0.717, 1.165) is 29.2 Å². The molecule has 0 spiro atoms. The van der Waals surface area contributed by atoms with Crippen molar-refractivity contribution in [3.05, 3.63) is 58.6 Å². The lowest BCUT2D eigenvalue weighted by Gasteiger charge is -2.26. The van der Waals surface area contributed by atoms with Gasteiger partial charge in [-0.2, -0.15) is 5.10 Å². The SMILES string of the molecule is Cc1ccc(-c2cc(C(=O)NC[C@H]3CCc4ccccc4O3)n[nH]2)s1. The first-order valence-corrected chi connectivity index (χ1v) is 9.15. The minimum Gasteiger partial charge on any atom is -0.488 e. The van der Waals surface area contributed by atoms with E-state index in [1.807, 2.05) is 24.3 Å². The topological polar surface area (TPSA) is 67.0 Å². The van der Waals surface area contributed by atoms with E-state index in [1.54, 1.807) is 17.4 Å². The van der Waals surface area contributed by atoms with Gasteiger partial charge in [-0.05, 0) is 49.6 Å². The Morgan fingerprint density at radius 2 is 2.24 bits per heavy atom. The highest BCUT2D eigenvalue weighted by Crippen LogP contribution is 2.27. The number of rotatable bonds is 4. The first-order valence-electron chi connectivity index (χ1n) is 8.34. The van der Waals surface area contributed by atoms with Gasteiger partial charge in [-0.1, -0.05) is 18.2 Å². The Balaban J connectivity index is 1.36. The van der Waals surface area contributed by atoms with Crippen LogP contribution >= 0.6 is 11.3 Å². The molecule has 1 aliphatic rings. The second kappa shape index (κ2) is 6.72. The van der Waals surface area contributed by atoms with E-state index in [4.69, 9.17) is 4.74 Å². The van der Waals surface area contributed by atoms with Crippen LogP contribution in [0.4, 0.5) is 0 Å². The van der Waals surface area contributed by atoms with Gasteiger partial charge in [0.05, 0.1) is 17.1 Å². The number of benzene rings is 1. The number of aryl methyl sites for hydroxylation is 2. The largest absolute Gasteiger partial charge is 0.488 e. The highest BCUT2D eigenvalue weighted by Gasteiger charge is 2.20. The van der Waals surface area contributed by atoms with Crippen LogP contribution in [0, 0.1) is 6.92 Å². The molecule has 1 amide bonds. The van der Waals surface area contributed by atoms with Gasteiger partial charge in [-0.15, -0.1) is 11.3 Å². The standard InChI is InChI=1S/C19H19N3O2S/c1-12-6-9-18(25-12)15-10-16(22-21-15)19(23)20-11-14-8-7-13-4-2-3-5-17(13)24-14/h2-6,9-10,14H,7-8,11H2,1H3,(H,20,23)(H,21,22)/t14-/m1/s1. The Bertz CT molecular complexity index is 899. The van der Waals surface area contributed by atoms with E-state index in [0.29, 0.717) is 12.2 Å². The number of aromatic nitrogens is 2. The normalized spacial score (nSPS) is 16.1. The van der Waals surface area contributed by atoms with Crippen LogP contribution in [-0.4, -0.2) is 28.8 Å². The second-order valence-electron chi connectivity index (χ2n) is 6.17. The first-order chi connectivity index (χ1) is 12.2. The van der Waals surface area contributed by atoms with Crippen molar-refractivity contribution in [3.8, 4) is 16.3 Å². The first kappa shape index (κ1) is 15.9. The van der Waals surface area contributed by atoms with E-state index < -0.39 is 0 Å². The predicted octanol–water partition coefficient (Wildman–Crippen LogP) is 3.57. The fourth-order valence-electron chi connectivity index (χ4n) is 2.96. The van der Waals surface area contributed by atoms with E-state index >= 15 is 0 Å². The van der Waals surface area contributed by atoms with Gasteiger partial charge in [-0.25, -0.2) is 0 Å². The molecule has 0 saturated heterocycles. The fourth-order valence-corrected chi connectivity index (χ4v) is 3.80. The summed E-state index contributed by atoms with van der Waals surface area (Å²) in [7, 11) is 0. The van der Waals surface area contributed by atoms with Crippen molar-refractivity contribution in [2.45, 2.75) is 25.9 Å². The molecular formula is C19H19N3O2S. The maximum absolute atomic E-state index is 12.3. The monoisotopic (exact) mass is 353 g/mol. The molecule has 6 heteroatoms. The van der Waals surface area contributed by atoms with Gasteiger partial charge in [0.1, 0.15) is 11.9 Å². The number of amides is 1. The lowest BCUT2D eigenvalue weighted by atomic mass is 10.0. The second-order valence-corrected chi connectivity index (χ2v) is 7.46. The van der Waals surface area contributed by atoms with Crippen LogP contribution in [-0.2, 0) is 6.42 Å². The van der Waals surface area contributed by atoms with Gasteiger partial charge in [0.2, 0.25) is 0 Å². The summed E-state index contributed by atoms with van der Waals surface area (Å²) in [6, 6.07) is 13.9. The summed E-state index contributed by atoms with van der Waals surface area (Å²) in [6.45, 7) is 2.54. The molecular weight excluding hydrogens is 334 g/mol. The molecule has 0 fully saturated rings. The van der Waals surface area contributed by atoms with E-state index in [1.165, 1.54) is 10.4 Å². The highest BCUT2D eigenvalue weighted by atomic mass is 32.1. The number of thiophene rings is 1. The number of aromatic amines is 1. The summed E-state index contributed by atoms with van der Waals surface area (Å²) >= 11 is 1.67. The summed E-state index contributed by atoms with van der Waals surface area (Å²) in [5, 5.41) is 9.99. The summed E-state index contributed by atoms with van der Waals surface area (Å²) in [5.41, 5.74) is 2.50. The molecule has 0 radical (unpaired) electrons. The van der Waals surface area contributed by atoms with Gasteiger partial charge < -0.3 is 10.1 Å². The molecule has 0 bridgehead atoms. The zero-order valence-electron chi connectivity index (χ0n) is 13.9.